The average Bonchev–Trinajstić information content (AvgIpc) is 3.27. The third kappa shape index (κ3) is 7.21. The Balaban J connectivity index is 2.01. The van der Waals surface area contributed by atoms with Gasteiger partial charge in [0.05, 0.1) is 11.7 Å². The maximum Gasteiger partial charge on any atom is 0.422 e. The quantitative estimate of drug-likeness (QED) is 0.410. The van der Waals surface area contributed by atoms with Crippen LogP contribution in [0.4, 0.5) is 9.18 Å². The summed E-state index contributed by atoms with van der Waals surface area (Å²) in [6, 6.07) is 2.93. The predicted molar refractivity (Wildman–Crippen MR) is 143 cm³/mol. The molecule has 1 aromatic heterocycles. The summed E-state index contributed by atoms with van der Waals surface area (Å²) >= 11 is 0. The molecule has 210 valence electrons. The van der Waals surface area contributed by atoms with Crippen LogP contribution in [0.3, 0.4) is 0 Å². The fourth-order valence-electron chi connectivity index (χ4n) is 3.54. The second-order valence-electron chi connectivity index (χ2n) is 11.5. The highest BCUT2D eigenvalue weighted by Gasteiger charge is 2.40. The molecule has 10 nitrogen and oxygen atoms in total. The third-order valence-corrected chi connectivity index (χ3v) is 11.8. The fourth-order valence-corrected chi connectivity index (χ4v) is 5.52. The summed E-state index contributed by atoms with van der Waals surface area (Å²) in [7, 11) is -6.83. The molecule has 2 aromatic rings. The Morgan fingerprint density at radius 1 is 1.16 bits per heavy atom. The number of hydrogen-bond donors (Lipinski definition) is 2. The number of aromatic nitrogens is 1. The number of nitrogens with one attached hydrogen (secondary N) is 2. The highest BCUT2D eigenvalue weighted by molar-refractivity contribution is 7.88. The van der Waals surface area contributed by atoms with E-state index in [-0.39, 0.29) is 17.1 Å². The number of benzene rings is 1. The van der Waals surface area contributed by atoms with Crippen molar-refractivity contribution in [1.29, 1.82) is 0 Å². The summed E-state index contributed by atoms with van der Waals surface area (Å²) in [5.41, 5.74) is -0.305. The first-order chi connectivity index (χ1) is 17.4. The summed E-state index contributed by atoms with van der Waals surface area (Å²) in [5, 5.41) is 0.802. The lowest BCUT2D eigenvalue weighted by molar-refractivity contribution is -0.0259. The zero-order chi connectivity index (χ0) is 28.5. The lowest BCUT2D eigenvalue weighted by Gasteiger charge is -2.39. The third-order valence-electron chi connectivity index (χ3n) is 6.32. The zero-order valence-electron chi connectivity index (χ0n) is 22.9. The molecule has 0 aliphatic carbocycles. The molecule has 2 N–H and O–H groups in total. The minimum atomic E-state index is -4.33. The molecule has 13 heteroatoms. The molecule has 0 spiro atoms. The number of fused-ring (bicyclic) bond motifs is 1. The van der Waals surface area contributed by atoms with Gasteiger partial charge in [0.1, 0.15) is 23.9 Å². The van der Waals surface area contributed by atoms with E-state index in [4.69, 9.17) is 18.6 Å². The molecule has 1 aliphatic rings. The average molecular weight is 570 g/mol. The van der Waals surface area contributed by atoms with Crippen molar-refractivity contribution >= 4 is 35.4 Å². The van der Waals surface area contributed by atoms with Gasteiger partial charge in [-0.15, -0.1) is 0 Å². The molecule has 38 heavy (non-hydrogen) atoms. The van der Waals surface area contributed by atoms with Gasteiger partial charge in [-0.25, -0.2) is 13.9 Å². The van der Waals surface area contributed by atoms with Crippen LogP contribution in [0.15, 0.2) is 37.1 Å². The summed E-state index contributed by atoms with van der Waals surface area (Å²) in [6.45, 7) is 14.7. The summed E-state index contributed by atoms with van der Waals surface area (Å²) < 4.78 is 67.6. The maximum atomic E-state index is 15.6. The first kappa shape index (κ1) is 29.8. The molecule has 1 unspecified atom stereocenters. The Bertz CT molecular complexity index is 1310. The largest absolute Gasteiger partial charge is 0.455 e. The van der Waals surface area contributed by atoms with Crippen molar-refractivity contribution in [3.63, 3.8) is 0 Å². The van der Waals surface area contributed by atoms with E-state index in [9.17, 15) is 13.2 Å². The van der Waals surface area contributed by atoms with E-state index in [1.807, 2.05) is 38.6 Å². The number of rotatable bonds is 8. The van der Waals surface area contributed by atoms with E-state index >= 15 is 4.39 Å². The van der Waals surface area contributed by atoms with Crippen LogP contribution in [0.2, 0.25) is 18.1 Å². The standard InChI is InChI=1S/C25H36FN3O7SSi/c1-24(2,3)35-23(30)29-37(31,32)28-15-20(36-38(7,8)25(4,5)6)17-13-19(26)21(22-33-11-12-34-22)16-9-10-27-14-18(16)17/h9-14,20,22,28H,15H2,1-8H3,(H,29,30). The Morgan fingerprint density at radius 2 is 1.79 bits per heavy atom. The van der Waals surface area contributed by atoms with Crippen LogP contribution in [0, 0.1) is 5.82 Å². The number of carbonyl (C=O) groups excluding carboxylic acids is 1. The van der Waals surface area contributed by atoms with Crippen molar-refractivity contribution in [2.75, 3.05) is 6.54 Å². The monoisotopic (exact) mass is 569 g/mol. The Kier molecular flexibility index (Phi) is 8.46. The van der Waals surface area contributed by atoms with Crippen molar-refractivity contribution in [3.8, 4) is 0 Å². The van der Waals surface area contributed by atoms with Crippen LogP contribution >= 0.6 is 0 Å². The van der Waals surface area contributed by atoms with Crippen LogP contribution in [-0.4, -0.2) is 40.0 Å². The second-order valence-corrected chi connectivity index (χ2v) is 17.7. The van der Waals surface area contributed by atoms with Crippen LogP contribution in [0.1, 0.15) is 65.1 Å². The van der Waals surface area contributed by atoms with Gasteiger partial charge < -0.3 is 18.6 Å². The molecule has 1 atom stereocenters. The molecule has 2 heterocycles. The van der Waals surface area contributed by atoms with Crippen molar-refractivity contribution < 1.29 is 36.2 Å². The summed E-state index contributed by atoms with van der Waals surface area (Å²) in [4.78, 5) is 16.3. The van der Waals surface area contributed by atoms with E-state index < -0.39 is 48.4 Å². The molecular weight excluding hydrogens is 533 g/mol. The lowest BCUT2D eigenvalue weighted by atomic mass is 9.97. The fraction of sp³-hybridized carbons (Fsp3) is 0.520. The van der Waals surface area contributed by atoms with Gasteiger partial charge in [-0.05, 0) is 62.0 Å². The molecule has 0 radical (unpaired) electrons. The first-order valence-electron chi connectivity index (χ1n) is 12.1. The van der Waals surface area contributed by atoms with Gasteiger partial charge in [-0.1, -0.05) is 20.8 Å². The molecule has 0 saturated carbocycles. The molecule has 0 saturated heterocycles. The van der Waals surface area contributed by atoms with Gasteiger partial charge in [-0.2, -0.15) is 13.1 Å². The summed E-state index contributed by atoms with van der Waals surface area (Å²) in [5.74, 6) is -0.606. The summed E-state index contributed by atoms with van der Waals surface area (Å²) in [6.07, 6.45) is 2.75. The molecule has 1 aliphatic heterocycles. The maximum absolute atomic E-state index is 15.6. The molecule has 1 amide bonds. The number of ether oxygens (including phenoxy) is 3. The van der Waals surface area contributed by atoms with E-state index in [1.54, 1.807) is 33.0 Å². The van der Waals surface area contributed by atoms with E-state index in [0.29, 0.717) is 16.3 Å². The number of nitrogens with zero attached hydrogens (tertiary/aromatic N) is 1. The highest BCUT2D eigenvalue weighted by atomic mass is 32.2. The van der Waals surface area contributed by atoms with Gasteiger partial charge in [0.15, 0.2) is 8.32 Å². The first-order valence-corrected chi connectivity index (χ1v) is 16.5. The predicted octanol–water partition coefficient (Wildman–Crippen LogP) is 5.31. The zero-order valence-corrected chi connectivity index (χ0v) is 24.7. The Morgan fingerprint density at radius 3 is 2.37 bits per heavy atom. The normalized spacial score (nSPS) is 15.7. The number of carbonyl (C=O) groups is 1. The van der Waals surface area contributed by atoms with E-state index in [2.05, 4.69) is 9.71 Å². The van der Waals surface area contributed by atoms with Gasteiger partial charge in [0, 0.05) is 24.3 Å². The highest BCUT2D eigenvalue weighted by Crippen LogP contribution is 2.42. The minimum Gasteiger partial charge on any atom is -0.455 e. The lowest BCUT2D eigenvalue weighted by Crippen LogP contribution is -2.47. The van der Waals surface area contributed by atoms with Gasteiger partial charge in [-0.3, -0.25) is 4.98 Å². The van der Waals surface area contributed by atoms with Crippen LogP contribution < -0.4 is 9.44 Å². The number of halogens is 1. The van der Waals surface area contributed by atoms with Gasteiger partial charge in [0.2, 0.25) is 0 Å². The van der Waals surface area contributed by atoms with Crippen LogP contribution in [0.5, 0.6) is 0 Å². The van der Waals surface area contributed by atoms with E-state index in [1.165, 1.54) is 24.8 Å². The smallest absolute Gasteiger partial charge is 0.422 e. The van der Waals surface area contributed by atoms with Crippen LogP contribution in [-0.2, 0) is 28.8 Å². The van der Waals surface area contributed by atoms with Crippen molar-refractivity contribution in [3.05, 3.63) is 54.0 Å². The Labute approximate surface area is 224 Å². The molecule has 0 bridgehead atoms. The number of amides is 1. The van der Waals surface area contributed by atoms with Gasteiger partial charge in [0.25, 0.3) is 6.29 Å². The molecule has 1 aromatic carbocycles. The van der Waals surface area contributed by atoms with Crippen molar-refractivity contribution in [2.45, 2.75) is 77.7 Å². The SMILES string of the molecule is CC(C)(C)OC(=O)NS(=O)(=O)NCC(O[Si](C)(C)C(C)(C)C)c1cc(F)c(C2OC=CO2)c2ccncc12. The number of hydrogen-bond acceptors (Lipinski definition) is 8. The topological polar surface area (TPSA) is 125 Å². The van der Waals surface area contributed by atoms with Crippen LogP contribution in [0.25, 0.3) is 10.8 Å². The molecule has 0 fully saturated rings. The second kappa shape index (κ2) is 10.8. The Hall–Kier alpha value is -2.74. The minimum absolute atomic E-state index is 0.189. The van der Waals surface area contributed by atoms with Crippen molar-refractivity contribution in [2.24, 2.45) is 0 Å². The molecular formula is C25H36FN3O7SSi. The number of pyridine rings is 1. The van der Waals surface area contributed by atoms with E-state index in [0.717, 1.165) is 0 Å². The van der Waals surface area contributed by atoms with Gasteiger partial charge >= 0.3 is 16.3 Å². The molecule has 3 rings (SSSR count). The van der Waals surface area contributed by atoms with Crippen molar-refractivity contribution in [1.82, 2.24) is 14.4 Å².